The van der Waals surface area contributed by atoms with E-state index in [9.17, 15) is 4.79 Å². The highest BCUT2D eigenvalue weighted by Gasteiger charge is 2.39. The van der Waals surface area contributed by atoms with Crippen molar-refractivity contribution < 1.29 is 4.79 Å². The van der Waals surface area contributed by atoms with Crippen molar-refractivity contribution in [1.29, 1.82) is 0 Å². The minimum Gasteiger partial charge on any atom is -0.299 e. The van der Waals surface area contributed by atoms with Crippen molar-refractivity contribution in [3.8, 4) is 0 Å². The lowest BCUT2D eigenvalue weighted by atomic mass is 9.70. The molecular formula is C12H15NOS. The zero-order chi connectivity index (χ0) is 10.7. The summed E-state index contributed by atoms with van der Waals surface area (Å²) in [5, 5.41) is 4.10. The second-order valence-electron chi connectivity index (χ2n) is 4.00. The van der Waals surface area contributed by atoms with Gasteiger partial charge in [0.25, 0.3) is 0 Å². The number of rotatable bonds is 2. The van der Waals surface area contributed by atoms with Crippen LogP contribution in [0, 0.1) is 0 Å². The molecule has 2 rings (SSSR count). The minimum atomic E-state index is -0.410. The van der Waals surface area contributed by atoms with E-state index in [1.165, 1.54) is 0 Å². The monoisotopic (exact) mass is 221 g/mol. The standard InChI is InChI=1S/C12H15NOS/c1-13-9-12(10-5-7-15-8-10)6-3-2-4-11(12)14/h5,7-9H,2-4,6H2,1H3/t12-/m0/s1. The molecule has 0 N–H and O–H groups in total. The molecule has 0 bridgehead atoms. The van der Waals surface area contributed by atoms with Crippen molar-refractivity contribution in [2.24, 2.45) is 4.99 Å². The average molecular weight is 221 g/mol. The van der Waals surface area contributed by atoms with E-state index in [0.29, 0.717) is 12.2 Å². The maximum atomic E-state index is 12.1. The Bertz CT molecular complexity index is 369. The number of hydrogen-bond donors (Lipinski definition) is 0. The highest BCUT2D eigenvalue weighted by Crippen LogP contribution is 2.36. The van der Waals surface area contributed by atoms with Crippen LogP contribution in [0.15, 0.2) is 21.8 Å². The molecule has 1 aliphatic carbocycles. The second-order valence-corrected chi connectivity index (χ2v) is 4.78. The molecule has 0 radical (unpaired) electrons. The van der Waals surface area contributed by atoms with Gasteiger partial charge in [-0.1, -0.05) is 6.42 Å². The maximum Gasteiger partial charge on any atom is 0.148 e. The van der Waals surface area contributed by atoms with Crippen molar-refractivity contribution in [3.63, 3.8) is 0 Å². The van der Waals surface area contributed by atoms with E-state index in [1.54, 1.807) is 18.4 Å². The van der Waals surface area contributed by atoms with E-state index in [2.05, 4.69) is 16.4 Å². The van der Waals surface area contributed by atoms with E-state index in [4.69, 9.17) is 0 Å². The van der Waals surface area contributed by atoms with Crippen LogP contribution in [0.1, 0.15) is 31.2 Å². The first-order valence-electron chi connectivity index (χ1n) is 5.29. The molecule has 0 saturated heterocycles. The van der Waals surface area contributed by atoms with Crippen LogP contribution >= 0.6 is 11.3 Å². The van der Waals surface area contributed by atoms with E-state index in [1.807, 2.05) is 11.6 Å². The van der Waals surface area contributed by atoms with Gasteiger partial charge >= 0.3 is 0 Å². The Balaban J connectivity index is 2.43. The second kappa shape index (κ2) is 4.27. The first kappa shape index (κ1) is 10.6. The molecule has 0 unspecified atom stereocenters. The number of hydrogen-bond acceptors (Lipinski definition) is 3. The molecule has 2 nitrogen and oxygen atoms in total. The highest BCUT2D eigenvalue weighted by molar-refractivity contribution is 7.08. The van der Waals surface area contributed by atoms with Gasteiger partial charge in [0.05, 0.1) is 5.41 Å². The summed E-state index contributed by atoms with van der Waals surface area (Å²) in [7, 11) is 1.75. The molecule has 1 atom stereocenters. The van der Waals surface area contributed by atoms with E-state index < -0.39 is 5.41 Å². The zero-order valence-corrected chi connectivity index (χ0v) is 9.72. The van der Waals surface area contributed by atoms with Crippen LogP contribution < -0.4 is 0 Å². The van der Waals surface area contributed by atoms with Crippen LogP contribution in [0.25, 0.3) is 0 Å². The van der Waals surface area contributed by atoms with Crippen molar-refractivity contribution >= 4 is 23.3 Å². The first-order chi connectivity index (χ1) is 7.29. The summed E-state index contributed by atoms with van der Waals surface area (Å²) in [5.41, 5.74) is 0.718. The Morgan fingerprint density at radius 2 is 2.40 bits per heavy atom. The minimum absolute atomic E-state index is 0.331. The van der Waals surface area contributed by atoms with Crippen LogP contribution in [-0.4, -0.2) is 19.0 Å². The number of carbonyl (C=O) groups excluding carboxylic acids is 1. The Labute approximate surface area is 94.0 Å². The number of nitrogens with zero attached hydrogens (tertiary/aromatic N) is 1. The predicted octanol–water partition coefficient (Wildman–Crippen LogP) is 2.83. The first-order valence-corrected chi connectivity index (χ1v) is 6.23. The number of carbonyl (C=O) groups is 1. The van der Waals surface area contributed by atoms with Gasteiger partial charge < -0.3 is 0 Å². The summed E-state index contributed by atoms with van der Waals surface area (Å²) < 4.78 is 0. The Kier molecular flexibility index (Phi) is 3.00. The van der Waals surface area contributed by atoms with E-state index in [-0.39, 0.29) is 0 Å². The lowest BCUT2D eigenvalue weighted by Crippen LogP contribution is -2.39. The van der Waals surface area contributed by atoms with Gasteiger partial charge in [0.2, 0.25) is 0 Å². The molecule has 0 amide bonds. The molecule has 0 aromatic carbocycles. The number of ketones is 1. The fraction of sp³-hybridized carbons (Fsp3) is 0.500. The van der Waals surface area contributed by atoms with Crippen LogP contribution in [0.4, 0.5) is 0 Å². The third-order valence-electron chi connectivity index (χ3n) is 3.11. The summed E-state index contributed by atoms with van der Waals surface area (Å²) in [6.07, 6.45) is 5.61. The largest absolute Gasteiger partial charge is 0.299 e. The SMILES string of the molecule is CN=C[C@]1(c2ccsc2)CCCCC1=O. The van der Waals surface area contributed by atoms with Gasteiger partial charge in [-0.25, -0.2) is 0 Å². The molecule has 1 heterocycles. The third kappa shape index (κ3) is 1.76. The van der Waals surface area contributed by atoms with Crippen LogP contribution in [0.2, 0.25) is 0 Å². The Hall–Kier alpha value is -0.960. The molecule has 3 heteroatoms. The molecule has 15 heavy (non-hydrogen) atoms. The molecule has 80 valence electrons. The summed E-state index contributed by atoms with van der Waals surface area (Å²) in [6, 6.07) is 2.05. The van der Waals surface area contributed by atoms with Gasteiger partial charge in [-0.2, -0.15) is 11.3 Å². The summed E-state index contributed by atoms with van der Waals surface area (Å²) in [5.74, 6) is 0.331. The van der Waals surface area contributed by atoms with Crippen LogP contribution in [-0.2, 0) is 10.2 Å². The number of aliphatic imine (C=N–C) groups is 1. The number of Topliss-reactive ketones (excluding diaryl/α,β-unsaturated/α-hetero) is 1. The van der Waals surface area contributed by atoms with E-state index in [0.717, 1.165) is 24.8 Å². The lowest BCUT2D eigenvalue weighted by molar-refractivity contribution is -0.123. The van der Waals surface area contributed by atoms with Gasteiger partial charge in [-0.15, -0.1) is 0 Å². The molecule has 1 aromatic rings. The third-order valence-corrected chi connectivity index (χ3v) is 3.79. The summed E-state index contributed by atoms with van der Waals surface area (Å²) in [4.78, 5) is 16.2. The Morgan fingerprint density at radius 3 is 3.00 bits per heavy atom. The smallest absolute Gasteiger partial charge is 0.148 e. The van der Waals surface area contributed by atoms with Crippen molar-refractivity contribution in [2.45, 2.75) is 31.1 Å². The molecular weight excluding hydrogens is 206 g/mol. The Morgan fingerprint density at radius 1 is 1.53 bits per heavy atom. The quantitative estimate of drug-likeness (QED) is 0.706. The van der Waals surface area contributed by atoms with Gasteiger partial charge in [0.1, 0.15) is 5.78 Å². The van der Waals surface area contributed by atoms with Crippen molar-refractivity contribution in [2.75, 3.05) is 7.05 Å². The lowest BCUT2D eigenvalue weighted by Gasteiger charge is -2.31. The molecule has 0 spiro atoms. The molecule has 1 aromatic heterocycles. The van der Waals surface area contributed by atoms with Gasteiger partial charge in [-0.3, -0.25) is 9.79 Å². The molecule has 1 saturated carbocycles. The summed E-state index contributed by atoms with van der Waals surface area (Å²) in [6.45, 7) is 0. The predicted molar refractivity (Wildman–Crippen MR) is 63.9 cm³/mol. The normalized spacial score (nSPS) is 27.4. The van der Waals surface area contributed by atoms with Crippen molar-refractivity contribution in [3.05, 3.63) is 22.4 Å². The molecule has 0 aliphatic heterocycles. The van der Waals surface area contributed by atoms with Crippen LogP contribution in [0.3, 0.4) is 0 Å². The topological polar surface area (TPSA) is 29.4 Å². The molecule has 1 fully saturated rings. The van der Waals surface area contributed by atoms with Gasteiger partial charge in [-0.05, 0) is 35.2 Å². The summed E-state index contributed by atoms with van der Waals surface area (Å²) >= 11 is 1.65. The number of thiophene rings is 1. The van der Waals surface area contributed by atoms with E-state index >= 15 is 0 Å². The fourth-order valence-electron chi connectivity index (χ4n) is 2.31. The molecule has 1 aliphatic rings. The highest BCUT2D eigenvalue weighted by atomic mass is 32.1. The zero-order valence-electron chi connectivity index (χ0n) is 8.90. The van der Waals surface area contributed by atoms with Gasteiger partial charge in [0.15, 0.2) is 0 Å². The van der Waals surface area contributed by atoms with Crippen LogP contribution in [0.5, 0.6) is 0 Å². The maximum absolute atomic E-state index is 12.1. The van der Waals surface area contributed by atoms with Crippen molar-refractivity contribution in [1.82, 2.24) is 0 Å². The average Bonchev–Trinajstić information content (AvgIpc) is 2.75. The fourth-order valence-corrected chi connectivity index (χ4v) is 3.05. The van der Waals surface area contributed by atoms with Gasteiger partial charge in [0, 0.05) is 19.7 Å².